The normalized spacial score (nSPS) is 21.3. The zero-order valence-electron chi connectivity index (χ0n) is 10.1. The Bertz CT molecular complexity index is 523. The molecule has 1 unspecified atom stereocenters. The van der Waals surface area contributed by atoms with E-state index >= 15 is 0 Å². The van der Waals surface area contributed by atoms with Crippen LogP contribution in [0.1, 0.15) is 17.9 Å². The minimum absolute atomic E-state index is 0.0155. The molecule has 7 heteroatoms. The van der Waals surface area contributed by atoms with Crippen LogP contribution in [0.5, 0.6) is 5.75 Å². The van der Waals surface area contributed by atoms with E-state index in [0.717, 1.165) is 12.1 Å². The largest absolute Gasteiger partial charge is 0.497 e. The molecule has 1 aliphatic rings. The summed E-state index contributed by atoms with van der Waals surface area (Å²) in [6.45, 7) is -0.0155. The highest BCUT2D eigenvalue weighted by atomic mass is 19.1. The summed E-state index contributed by atoms with van der Waals surface area (Å²) in [5.74, 6) is -2.73. The summed E-state index contributed by atoms with van der Waals surface area (Å²) in [4.78, 5) is 11.2. The molecule has 19 heavy (non-hydrogen) atoms. The molecule has 0 radical (unpaired) electrons. The highest BCUT2D eigenvalue weighted by molar-refractivity contribution is 6.06. The Morgan fingerprint density at radius 3 is 2.58 bits per heavy atom. The van der Waals surface area contributed by atoms with Gasteiger partial charge < -0.3 is 15.3 Å². The molecule has 1 aromatic carbocycles. The maximum absolute atomic E-state index is 13.9. The van der Waals surface area contributed by atoms with Crippen molar-refractivity contribution in [3.63, 3.8) is 0 Å². The molecular weight excluding hydrogens is 258 g/mol. The predicted molar refractivity (Wildman–Crippen MR) is 62.5 cm³/mol. The van der Waals surface area contributed by atoms with Crippen LogP contribution in [-0.4, -0.2) is 30.5 Å². The molecule has 0 saturated carbocycles. The smallest absolute Gasteiger partial charge is 0.225 e. The number of hydrogen-bond acceptors (Lipinski definition) is 4. The fourth-order valence-electron chi connectivity index (χ4n) is 2.07. The van der Waals surface area contributed by atoms with Crippen molar-refractivity contribution in [2.75, 3.05) is 13.7 Å². The summed E-state index contributed by atoms with van der Waals surface area (Å²) in [5.41, 5.74) is -0.208. The van der Waals surface area contributed by atoms with Gasteiger partial charge in [-0.25, -0.2) is 8.78 Å². The van der Waals surface area contributed by atoms with Crippen molar-refractivity contribution < 1.29 is 23.5 Å². The molecule has 2 rings (SSSR count). The third-order valence-electron chi connectivity index (χ3n) is 3.01. The number of benzene rings is 1. The summed E-state index contributed by atoms with van der Waals surface area (Å²) in [7, 11) is 1.30. The van der Waals surface area contributed by atoms with E-state index in [0.29, 0.717) is 0 Å². The summed E-state index contributed by atoms with van der Waals surface area (Å²) in [6.07, 6.45) is -0.188. The Hall–Kier alpha value is -2.18. The number of piperidine rings is 1. The van der Waals surface area contributed by atoms with Gasteiger partial charge in [-0.05, 0) is 0 Å². The van der Waals surface area contributed by atoms with Crippen molar-refractivity contribution in [1.82, 2.24) is 5.32 Å². The Kier molecular flexibility index (Phi) is 3.64. The van der Waals surface area contributed by atoms with Gasteiger partial charge in [0.05, 0.1) is 19.2 Å². The van der Waals surface area contributed by atoms with Crippen molar-refractivity contribution in [3.05, 3.63) is 29.3 Å². The highest BCUT2D eigenvalue weighted by Gasteiger charge is 2.31. The van der Waals surface area contributed by atoms with Crippen LogP contribution >= 0.6 is 0 Å². The Morgan fingerprint density at radius 2 is 2.05 bits per heavy atom. The first-order chi connectivity index (χ1) is 9.06. The maximum atomic E-state index is 13.9. The first-order valence-electron chi connectivity index (χ1n) is 5.57. The van der Waals surface area contributed by atoms with Crippen LogP contribution < -0.4 is 10.1 Å². The van der Waals surface area contributed by atoms with Gasteiger partial charge in [0.15, 0.2) is 0 Å². The van der Waals surface area contributed by atoms with Crippen molar-refractivity contribution in [1.29, 1.82) is 0 Å². The third kappa shape index (κ3) is 2.49. The standard InChI is InChI=1S/C12H12F2N2O3/c1-19-6-2-8(13)12(9(14)3-6)7-5-15-11(17)4-10(7)16-18/h2-3,7,18H,4-5H2,1H3,(H,15,17)/b16-10+. The lowest BCUT2D eigenvalue weighted by Crippen LogP contribution is -2.40. The van der Waals surface area contributed by atoms with Crippen molar-refractivity contribution in [2.45, 2.75) is 12.3 Å². The number of carbonyl (C=O) groups is 1. The van der Waals surface area contributed by atoms with E-state index in [1.165, 1.54) is 7.11 Å². The molecule has 0 aromatic heterocycles. The van der Waals surface area contributed by atoms with E-state index < -0.39 is 17.6 Å². The lowest BCUT2D eigenvalue weighted by Gasteiger charge is -2.24. The molecule has 1 saturated heterocycles. The molecule has 0 bridgehead atoms. The Morgan fingerprint density at radius 1 is 1.42 bits per heavy atom. The second-order valence-electron chi connectivity index (χ2n) is 4.13. The minimum Gasteiger partial charge on any atom is -0.497 e. The van der Waals surface area contributed by atoms with Crippen molar-refractivity contribution in [3.8, 4) is 5.75 Å². The van der Waals surface area contributed by atoms with Gasteiger partial charge in [0.1, 0.15) is 17.4 Å². The molecule has 1 amide bonds. The van der Waals surface area contributed by atoms with E-state index in [9.17, 15) is 13.6 Å². The molecule has 1 aromatic rings. The fourth-order valence-corrected chi connectivity index (χ4v) is 2.07. The quantitative estimate of drug-likeness (QED) is 0.630. The zero-order valence-corrected chi connectivity index (χ0v) is 10.1. The predicted octanol–water partition coefficient (Wildman–Crippen LogP) is 1.41. The maximum Gasteiger partial charge on any atom is 0.225 e. The van der Waals surface area contributed by atoms with Gasteiger partial charge >= 0.3 is 0 Å². The zero-order chi connectivity index (χ0) is 14.0. The van der Waals surface area contributed by atoms with Crippen LogP contribution in [0, 0.1) is 11.6 Å². The number of rotatable bonds is 2. The number of nitrogens with zero attached hydrogens (tertiary/aromatic N) is 1. The average molecular weight is 270 g/mol. The van der Waals surface area contributed by atoms with Crippen molar-refractivity contribution in [2.24, 2.45) is 5.16 Å². The SMILES string of the molecule is COc1cc(F)c(C2CNC(=O)C/C2=N\O)c(F)c1. The van der Waals surface area contributed by atoms with Gasteiger partial charge in [-0.1, -0.05) is 5.16 Å². The molecule has 0 spiro atoms. The van der Waals surface area contributed by atoms with Crippen LogP contribution in [0.4, 0.5) is 8.78 Å². The number of halogens is 2. The Labute approximate surface area is 107 Å². The molecule has 5 nitrogen and oxygen atoms in total. The van der Waals surface area contributed by atoms with Crippen LogP contribution in [0.2, 0.25) is 0 Å². The van der Waals surface area contributed by atoms with Crippen LogP contribution in [-0.2, 0) is 4.79 Å². The van der Waals surface area contributed by atoms with E-state index in [-0.39, 0.29) is 35.9 Å². The first-order valence-corrected chi connectivity index (χ1v) is 5.57. The molecule has 1 heterocycles. The second kappa shape index (κ2) is 5.21. The number of oxime groups is 1. The monoisotopic (exact) mass is 270 g/mol. The van der Waals surface area contributed by atoms with Gasteiger partial charge in [0, 0.05) is 30.2 Å². The summed E-state index contributed by atoms with van der Waals surface area (Å²) in [6, 6.07) is 2.09. The molecule has 1 aliphatic heterocycles. The van der Waals surface area contributed by atoms with E-state index in [1.54, 1.807) is 0 Å². The molecule has 1 fully saturated rings. The van der Waals surface area contributed by atoms with E-state index in [1.807, 2.05) is 0 Å². The molecule has 102 valence electrons. The van der Waals surface area contributed by atoms with E-state index in [4.69, 9.17) is 9.94 Å². The average Bonchev–Trinajstić information content (AvgIpc) is 2.39. The van der Waals surface area contributed by atoms with Gasteiger partial charge in [-0.3, -0.25) is 4.79 Å². The number of carbonyl (C=O) groups excluding carboxylic acids is 1. The van der Waals surface area contributed by atoms with E-state index in [2.05, 4.69) is 10.5 Å². The van der Waals surface area contributed by atoms with Crippen molar-refractivity contribution >= 4 is 11.6 Å². The lowest BCUT2D eigenvalue weighted by atomic mass is 9.88. The third-order valence-corrected chi connectivity index (χ3v) is 3.01. The molecule has 2 N–H and O–H groups in total. The molecular formula is C12H12F2N2O3. The summed E-state index contributed by atoms with van der Waals surface area (Å²) < 4.78 is 32.6. The number of nitrogens with one attached hydrogen (secondary N) is 1. The topological polar surface area (TPSA) is 70.9 Å². The first kappa shape index (κ1) is 13.3. The second-order valence-corrected chi connectivity index (χ2v) is 4.13. The number of methoxy groups -OCH3 is 1. The van der Waals surface area contributed by atoms with Crippen LogP contribution in [0.25, 0.3) is 0 Å². The Balaban J connectivity index is 2.44. The van der Waals surface area contributed by atoms with Gasteiger partial charge in [-0.15, -0.1) is 0 Å². The van der Waals surface area contributed by atoms with Crippen LogP contribution in [0.15, 0.2) is 17.3 Å². The number of ether oxygens (including phenoxy) is 1. The molecule has 1 atom stereocenters. The number of hydrogen-bond donors (Lipinski definition) is 2. The highest BCUT2D eigenvalue weighted by Crippen LogP contribution is 2.29. The summed E-state index contributed by atoms with van der Waals surface area (Å²) in [5, 5.41) is 14.3. The van der Waals surface area contributed by atoms with Gasteiger partial charge in [0.2, 0.25) is 5.91 Å². The lowest BCUT2D eigenvalue weighted by molar-refractivity contribution is -0.120. The van der Waals surface area contributed by atoms with Gasteiger partial charge in [0.25, 0.3) is 0 Å². The fraction of sp³-hybridized carbons (Fsp3) is 0.333. The van der Waals surface area contributed by atoms with Crippen LogP contribution in [0.3, 0.4) is 0 Å². The number of amides is 1. The molecule has 0 aliphatic carbocycles. The van der Waals surface area contributed by atoms with Gasteiger partial charge in [-0.2, -0.15) is 0 Å². The summed E-state index contributed by atoms with van der Waals surface area (Å²) >= 11 is 0. The minimum atomic E-state index is -0.825.